The molecule has 1 unspecified atom stereocenters. The molecule has 0 aliphatic rings. The van der Waals surface area contributed by atoms with Crippen molar-refractivity contribution in [2.24, 2.45) is 0 Å². The Morgan fingerprint density at radius 3 is 2.38 bits per heavy atom. The number of carbonyl (C=O) groups excluding carboxylic acids is 1. The number of carboxylic acids is 1. The van der Waals surface area contributed by atoms with Crippen LogP contribution in [0.1, 0.15) is 37.6 Å². The number of esters is 1. The molecule has 0 bridgehead atoms. The summed E-state index contributed by atoms with van der Waals surface area (Å²) < 4.78 is 32.1. The molecule has 0 aromatic heterocycles. The maximum atomic E-state index is 13.7. The summed E-state index contributed by atoms with van der Waals surface area (Å²) in [5.41, 5.74) is -0.633. The molecule has 0 aliphatic heterocycles. The molecule has 0 saturated heterocycles. The normalized spacial score (nSPS) is 12.3. The van der Waals surface area contributed by atoms with Crippen molar-refractivity contribution in [1.29, 1.82) is 0 Å². The zero-order valence-electron chi connectivity index (χ0n) is 11.9. The Labute approximate surface area is 125 Å². The average Bonchev–Trinajstić information content (AvgIpc) is 2.36. The number of benzene rings is 1. The molecular weight excluding hydrogens is 302 g/mol. The van der Waals surface area contributed by atoms with Crippen LogP contribution in [0.2, 0.25) is 0 Å². The van der Waals surface area contributed by atoms with Crippen LogP contribution in [0.15, 0.2) is 17.0 Å². The number of ether oxygens (including phenoxy) is 1. The first-order valence-electron chi connectivity index (χ1n) is 6.35. The van der Waals surface area contributed by atoms with Gasteiger partial charge in [-0.15, -0.1) is 11.8 Å². The third kappa shape index (κ3) is 4.70. The number of thioether (sulfide) groups is 1. The minimum absolute atomic E-state index is 0.0960. The van der Waals surface area contributed by atoms with E-state index < -0.39 is 34.4 Å². The minimum Gasteiger partial charge on any atom is -0.478 e. The number of carbonyl (C=O) groups is 2. The van der Waals surface area contributed by atoms with Gasteiger partial charge in [-0.05, 0) is 26.3 Å². The van der Waals surface area contributed by atoms with Gasteiger partial charge in [-0.25, -0.2) is 13.6 Å². The molecule has 1 aromatic rings. The van der Waals surface area contributed by atoms with Gasteiger partial charge in [0, 0.05) is 11.0 Å². The predicted molar refractivity (Wildman–Crippen MR) is 74.5 cm³/mol. The van der Waals surface area contributed by atoms with E-state index in [2.05, 4.69) is 0 Å². The second-order valence-corrected chi connectivity index (χ2v) is 5.81. The Hall–Kier alpha value is -1.63. The topological polar surface area (TPSA) is 63.6 Å². The van der Waals surface area contributed by atoms with E-state index in [1.165, 1.54) is 0 Å². The van der Waals surface area contributed by atoms with E-state index in [9.17, 15) is 18.4 Å². The van der Waals surface area contributed by atoms with E-state index in [0.717, 1.165) is 17.8 Å². The third-order valence-electron chi connectivity index (χ3n) is 2.51. The molecule has 0 saturated carbocycles. The number of halogens is 2. The molecule has 1 N–H and O–H groups in total. The lowest BCUT2D eigenvalue weighted by Crippen LogP contribution is -2.23. The summed E-state index contributed by atoms with van der Waals surface area (Å²) in [5, 5.41) is 8.15. The van der Waals surface area contributed by atoms with Crippen LogP contribution < -0.4 is 0 Å². The first-order chi connectivity index (χ1) is 9.76. The molecule has 4 nitrogen and oxygen atoms in total. The zero-order chi connectivity index (χ0) is 16.2. The van der Waals surface area contributed by atoms with Gasteiger partial charge >= 0.3 is 11.9 Å². The van der Waals surface area contributed by atoms with Crippen molar-refractivity contribution in [1.82, 2.24) is 0 Å². The van der Waals surface area contributed by atoms with Crippen molar-refractivity contribution in [3.05, 3.63) is 29.3 Å². The predicted octanol–water partition coefficient (Wildman–Crippen LogP) is 3.49. The van der Waals surface area contributed by atoms with Crippen LogP contribution in [0, 0.1) is 11.6 Å². The van der Waals surface area contributed by atoms with Crippen molar-refractivity contribution in [2.45, 2.75) is 43.4 Å². The molecule has 0 aliphatic carbocycles. The van der Waals surface area contributed by atoms with Crippen LogP contribution >= 0.6 is 11.8 Å². The SMILES string of the molecule is CCC(Sc1cc(C(=O)O)c(F)cc1F)C(=O)OC(C)C. The number of rotatable bonds is 6. The van der Waals surface area contributed by atoms with Gasteiger partial charge in [-0.3, -0.25) is 4.79 Å². The molecule has 1 atom stereocenters. The molecule has 116 valence electrons. The van der Waals surface area contributed by atoms with Crippen molar-refractivity contribution in [3.63, 3.8) is 0 Å². The fraction of sp³-hybridized carbons (Fsp3) is 0.429. The summed E-state index contributed by atoms with van der Waals surface area (Å²) in [4.78, 5) is 22.6. The minimum atomic E-state index is -1.49. The van der Waals surface area contributed by atoms with Gasteiger partial charge in [-0.1, -0.05) is 6.92 Å². The molecule has 0 amide bonds. The van der Waals surface area contributed by atoms with Crippen molar-refractivity contribution in [3.8, 4) is 0 Å². The zero-order valence-corrected chi connectivity index (χ0v) is 12.7. The number of hydrogen-bond donors (Lipinski definition) is 1. The first kappa shape index (κ1) is 17.4. The van der Waals surface area contributed by atoms with Gasteiger partial charge < -0.3 is 9.84 Å². The Kier molecular flexibility index (Phi) is 6.14. The summed E-state index contributed by atoms with van der Waals surface area (Å²) in [7, 11) is 0. The smallest absolute Gasteiger partial charge is 0.338 e. The summed E-state index contributed by atoms with van der Waals surface area (Å²) in [6.45, 7) is 5.10. The van der Waals surface area contributed by atoms with Gasteiger partial charge in [0.15, 0.2) is 0 Å². The van der Waals surface area contributed by atoms with Gasteiger partial charge in [0.05, 0.1) is 11.7 Å². The average molecular weight is 318 g/mol. The fourth-order valence-electron chi connectivity index (χ4n) is 1.54. The van der Waals surface area contributed by atoms with Crippen molar-refractivity contribution < 1.29 is 28.2 Å². The second-order valence-electron chi connectivity index (χ2n) is 4.57. The third-order valence-corrected chi connectivity index (χ3v) is 3.88. The second kappa shape index (κ2) is 7.40. The van der Waals surface area contributed by atoms with Crippen LogP contribution in [0.25, 0.3) is 0 Å². The van der Waals surface area contributed by atoms with E-state index in [1.54, 1.807) is 20.8 Å². The van der Waals surface area contributed by atoms with Gasteiger partial charge in [0.2, 0.25) is 0 Å². The van der Waals surface area contributed by atoms with E-state index in [1.807, 2.05) is 0 Å². The van der Waals surface area contributed by atoms with Crippen molar-refractivity contribution in [2.75, 3.05) is 0 Å². The fourth-order valence-corrected chi connectivity index (χ4v) is 2.53. The summed E-state index contributed by atoms with van der Waals surface area (Å²) in [5.74, 6) is -4.06. The molecular formula is C14H16F2O4S. The van der Waals surface area contributed by atoms with E-state index in [-0.39, 0.29) is 11.0 Å². The Balaban J connectivity index is 3.02. The molecule has 0 heterocycles. The lowest BCUT2D eigenvalue weighted by molar-refractivity contribution is -0.146. The monoisotopic (exact) mass is 318 g/mol. The maximum absolute atomic E-state index is 13.7. The highest BCUT2D eigenvalue weighted by Crippen LogP contribution is 2.30. The van der Waals surface area contributed by atoms with E-state index >= 15 is 0 Å². The molecule has 7 heteroatoms. The molecule has 21 heavy (non-hydrogen) atoms. The molecule has 0 fully saturated rings. The number of carboxylic acid groups (broad SMARTS) is 1. The molecule has 1 aromatic carbocycles. The van der Waals surface area contributed by atoms with Crippen LogP contribution in [-0.2, 0) is 9.53 Å². The largest absolute Gasteiger partial charge is 0.478 e. The summed E-state index contributed by atoms with van der Waals surface area (Å²) >= 11 is 0.826. The van der Waals surface area contributed by atoms with Gasteiger partial charge in [-0.2, -0.15) is 0 Å². The molecule has 0 spiro atoms. The molecule has 0 radical (unpaired) electrons. The van der Waals surface area contributed by atoms with Crippen LogP contribution in [0.3, 0.4) is 0 Å². The highest BCUT2D eigenvalue weighted by atomic mass is 32.2. The molecule has 1 rings (SSSR count). The Morgan fingerprint density at radius 1 is 1.29 bits per heavy atom. The quantitative estimate of drug-likeness (QED) is 0.642. The lowest BCUT2D eigenvalue weighted by atomic mass is 10.2. The highest BCUT2D eigenvalue weighted by Gasteiger charge is 2.24. The van der Waals surface area contributed by atoms with Crippen LogP contribution in [0.5, 0.6) is 0 Å². The summed E-state index contributed by atoms with van der Waals surface area (Å²) in [6.07, 6.45) is 0.0647. The van der Waals surface area contributed by atoms with Gasteiger partial charge in [0.1, 0.15) is 16.9 Å². The Bertz CT molecular complexity index is 546. The van der Waals surface area contributed by atoms with Gasteiger partial charge in [0.25, 0.3) is 0 Å². The van der Waals surface area contributed by atoms with E-state index in [0.29, 0.717) is 12.5 Å². The highest BCUT2D eigenvalue weighted by molar-refractivity contribution is 8.00. The Morgan fingerprint density at radius 2 is 1.90 bits per heavy atom. The number of hydrogen-bond acceptors (Lipinski definition) is 4. The standard InChI is InChI=1S/C14H16F2O4S/c1-4-11(14(19)20-7(2)3)21-12-5-8(13(17)18)9(15)6-10(12)16/h5-7,11H,4H2,1-3H3,(H,17,18). The van der Waals surface area contributed by atoms with E-state index in [4.69, 9.17) is 9.84 Å². The summed E-state index contributed by atoms with van der Waals surface area (Å²) in [6, 6.07) is 1.40. The maximum Gasteiger partial charge on any atom is 0.338 e. The first-order valence-corrected chi connectivity index (χ1v) is 7.23. The van der Waals surface area contributed by atoms with Crippen molar-refractivity contribution >= 4 is 23.7 Å². The lowest BCUT2D eigenvalue weighted by Gasteiger charge is -2.16. The number of aromatic carboxylic acids is 1. The van der Waals surface area contributed by atoms with Crippen LogP contribution in [-0.4, -0.2) is 28.4 Å². The van der Waals surface area contributed by atoms with Crippen LogP contribution in [0.4, 0.5) is 8.78 Å².